The molecule has 0 spiro atoms. The summed E-state index contributed by atoms with van der Waals surface area (Å²) in [5, 5.41) is 0. The fourth-order valence-corrected chi connectivity index (χ4v) is 2.22. The van der Waals surface area contributed by atoms with Gasteiger partial charge in [-0.2, -0.15) is 0 Å². The molecule has 5 heteroatoms. The molecular weight excluding hydrogens is 246 g/mol. The monoisotopic (exact) mass is 257 g/mol. The number of likely N-dealkylation sites (tertiary alicyclic amines) is 1. The van der Waals surface area contributed by atoms with Gasteiger partial charge in [0.25, 0.3) is 0 Å². The number of aromatic nitrogens is 2. The van der Waals surface area contributed by atoms with E-state index < -0.39 is 0 Å². The Morgan fingerprint density at radius 3 is 3.00 bits per heavy atom. The lowest BCUT2D eigenvalue weighted by Gasteiger charge is -2.15. The van der Waals surface area contributed by atoms with Crippen LogP contribution in [0.4, 0.5) is 0 Å². The molecule has 1 aromatic rings. The summed E-state index contributed by atoms with van der Waals surface area (Å²) in [5.74, 6) is 0.243. The number of carbonyl (C=O) groups excluding carboxylic acids is 1. The zero-order chi connectivity index (χ0) is 9.97. The molecule has 1 fully saturated rings. The van der Waals surface area contributed by atoms with E-state index in [1.807, 2.05) is 15.7 Å². The number of amides is 1. The van der Waals surface area contributed by atoms with Gasteiger partial charge >= 0.3 is 0 Å². The fraction of sp³-hybridized carbons (Fsp3) is 0.556. The Balaban J connectivity index is 1.84. The fourth-order valence-electron chi connectivity index (χ4n) is 1.60. The Morgan fingerprint density at radius 2 is 2.43 bits per heavy atom. The summed E-state index contributed by atoms with van der Waals surface area (Å²) in [5.41, 5.74) is 0. The highest BCUT2D eigenvalue weighted by Gasteiger charge is 2.26. The molecule has 76 valence electrons. The van der Waals surface area contributed by atoms with Gasteiger partial charge in [0, 0.05) is 43.3 Å². The van der Waals surface area contributed by atoms with Crippen molar-refractivity contribution in [2.75, 3.05) is 13.1 Å². The number of halogens is 1. The summed E-state index contributed by atoms with van der Waals surface area (Å²) >= 11 is 3.46. The maximum absolute atomic E-state index is 11.4. The van der Waals surface area contributed by atoms with Crippen LogP contribution >= 0.6 is 15.9 Å². The molecule has 14 heavy (non-hydrogen) atoms. The third-order valence-corrected chi connectivity index (χ3v) is 2.97. The predicted octanol–water partition coefficient (Wildman–Crippen LogP) is 0.879. The molecule has 1 unspecified atom stereocenters. The van der Waals surface area contributed by atoms with Crippen molar-refractivity contribution in [3.63, 3.8) is 0 Å². The first kappa shape index (κ1) is 9.71. The zero-order valence-corrected chi connectivity index (χ0v) is 9.35. The van der Waals surface area contributed by atoms with E-state index in [1.54, 1.807) is 12.5 Å². The largest absolute Gasteiger partial charge is 0.340 e. The molecule has 0 aliphatic carbocycles. The normalized spacial score (nSPS) is 21.9. The quantitative estimate of drug-likeness (QED) is 0.755. The highest BCUT2D eigenvalue weighted by molar-refractivity contribution is 9.09. The molecular formula is C9H12BrN3O. The smallest absolute Gasteiger partial charge is 0.223 e. The van der Waals surface area contributed by atoms with Crippen molar-refractivity contribution in [1.82, 2.24) is 14.5 Å². The molecule has 4 nitrogen and oxygen atoms in total. The minimum Gasteiger partial charge on any atom is -0.340 e. The van der Waals surface area contributed by atoms with Crippen molar-refractivity contribution in [2.24, 2.45) is 0 Å². The Labute approximate surface area is 91.0 Å². The third kappa shape index (κ3) is 2.15. The molecule has 1 atom stereocenters. The highest BCUT2D eigenvalue weighted by Crippen LogP contribution is 2.17. The van der Waals surface area contributed by atoms with E-state index in [4.69, 9.17) is 0 Å². The van der Waals surface area contributed by atoms with Crippen molar-refractivity contribution in [2.45, 2.75) is 17.8 Å². The van der Waals surface area contributed by atoms with E-state index >= 15 is 0 Å². The maximum Gasteiger partial charge on any atom is 0.223 e. The lowest BCUT2D eigenvalue weighted by Crippen LogP contribution is -2.28. The summed E-state index contributed by atoms with van der Waals surface area (Å²) < 4.78 is 1.98. The Hall–Kier alpha value is -0.840. The van der Waals surface area contributed by atoms with E-state index in [0.717, 1.165) is 19.6 Å². The standard InChI is InChI=1S/C9H12BrN3O/c10-8-5-9(14)13(6-8)4-3-12-2-1-11-7-12/h1-2,7-8H,3-6H2. The number of hydrogen-bond acceptors (Lipinski definition) is 2. The molecule has 2 rings (SSSR count). The summed E-state index contributed by atoms with van der Waals surface area (Å²) in [7, 11) is 0. The second-order valence-electron chi connectivity index (χ2n) is 3.44. The molecule has 0 N–H and O–H groups in total. The second-order valence-corrected chi connectivity index (χ2v) is 4.74. The number of carbonyl (C=O) groups is 1. The molecule has 0 bridgehead atoms. The van der Waals surface area contributed by atoms with Crippen LogP contribution in [-0.4, -0.2) is 38.3 Å². The number of hydrogen-bond donors (Lipinski definition) is 0. The molecule has 1 aliphatic heterocycles. The van der Waals surface area contributed by atoms with Crippen LogP contribution in [0.15, 0.2) is 18.7 Å². The third-order valence-electron chi connectivity index (χ3n) is 2.35. The number of alkyl halides is 1. The van der Waals surface area contributed by atoms with Crippen LogP contribution in [0.5, 0.6) is 0 Å². The van der Waals surface area contributed by atoms with Crippen molar-refractivity contribution in [3.8, 4) is 0 Å². The van der Waals surface area contributed by atoms with Crippen LogP contribution in [0.1, 0.15) is 6.42 Å². The van der Waals surface area contributed by atoms with Gasteiger partial charge in [0.1, 0.15) is 0 Å². The first-order valence-corrected chi connectivity index (χ1v) is 5.55. The highest BCUT2D eigenvalue weighted by atomic mass is 79.9. The Bertz CT molecular complexity index is 312. The van der Waals surface area contributed by atoms with Gasteiger partial charge in [0.15, 0.2) is 0 Å². The van der Waals surface area contributed by atoms with Gasteiger partial charge < -0.3 is 9.47 Å². The van der Waals surface area contributed by atoms with Crippen molar-refractivity contribution >= 4 is 21.8 Å². The summed E-state index contributed by atoms with van der Waals surface area (Å²) in [6.45, 7) is 2.43. The number of nitrogens with zero attached hydrogens (tertiary/aromatic N) is 3. The zero-order valence-electron chi connectivity index (χ0n) is 7.77. The lowest BCUT2D eigenvalue weighted by molar-refractivity contribution is -0.127. The second kappa shape index (κ2) is 4.13. The van der Waals surface area contributed by atoms with Crippen LogP contribution in [0, 0.1) is 0 Å². The van der Waals surface area contributed by atoms with Crippen LogP contribution in [0.3, 0.4) is 0 Å². The van der Waals surface area contributed by atoms with E-state index in [2.05, 4.69) is 20.9 Å². The molecule has 0 radical (unpaired) electrons. The van der Waals surface area contributed by atoms with Crippen LogP contribution in [-0.2, 0) is 11.3 Å². The maximum atomic E-state index is 11.4. The van der Waals surface area contributed by atoms with Gasteiger partial charge in [-0.25, -0.2) is 4.98 Å². The van der Waals surface area contributed by atoms with Gasteiger partial charge in [0.05, 0.1) is 6.33 Å². The van der Waals surface area contributed by atoms with E-state index in [9.17, 15) is 4.79 Å². The first-order chi connectivity index (χ1) is 6.75. The molecule has 2 heterocycles. The van der Waals surface area contributed by atoms with Crippen molar-refractivity contribution in [3.05, 3.63) is 18.7 Å². The average molecular weight is 258 g/mol. The number of imidazole rings is 1. The van der Waals surface area contributed by atoms with Gasteiger partial charge in [-0.1, -0.05) is 15.9 Å². The Kier molecular flexibility index (Phi) is 2.86. The van der Waals surface area contributed by atoms with E-state index in [-0.39, 0.29) is 5.91 Å². The van der Waals surface area contributed by atoms with Gasteiger partial charge in [0.2, 0.25) is 5.91 Å². The lowest BCUT2D eigenvalue weighted by atomic mass is 10.4. The predicted molar refractivity (Wildman–Crippen MR) is 56.1 cm³/mol. The van der Waals surface area contributed by atoms with Crippen LogP contribution in [0.2, 0.25) is 0 Å². The Morgan fingerprint density at radius 1 is 1.57 bits per heavy atom. The minimum atomic E-state index is 0.243. The number of rotatable bonds is 3. The minimum absolute atomic E-state index is 0.243. The molecule has 0 aromatic carbocycles. The molecule has 1 amide bonds. The SMILES string of the molecule is O=C1CC(Br)CN1CCn1ccnc1. The van der Waals surface area contributed by atoms with E-state index in [1.165, 1.54) is 0 Å². The molecule has 0 saturated carbocycles. The van der Waals surface area contributed by atoms with Gasteiger partial charge in [-0.15, -0.1) is 0 Å². The summed E-state index contributed by atoms with van der Waals surface area (Å²) in [6.07, 6.45) is 6.06. The van der Waals surface area contributed by atoms with Crippen LogP contribution in [0.25, 0.3) is 0 Å². The molecule has 1 saturated heterocycles. The summed E-state index contributed by atoms with van der Waals surface area (Å²) in [4.78, 5) is 17.6. The first-order valence-electron chi connectivity index (χ1n) is 4.63. The molecule has 1 aliphatic rings. The van der Waals surface area contributed by atoms with E-state index in [0.29, 0.717) is 11.2 Å². The van der Waals surface area contributed by atoms with Crippen molar-refractivity contribution in [1.29, 1.82) is 0 Å². The molecule has 1 aromatic heterocycles. The average Bonchev–Trinajstić information content (AvgIpc) is 2.72. The van der Waals surface area contributed by atoms with Gasteiger partial charge in [-0.3, -0.25) is 4.79 Å². The summed E-state index contributed by atoms with van der Waals surface area (Å²) in [6, 6.07) is 0. The van der Waals surface area contributed by atoms with Crippen molar-refractivity contribution < 1.29 is 4.79 Å². The van der Waals surface area contributed by atoms with Gasteiger partial charge in [-0.05, 0) is 0 Å². The van der Waals surface area contributed by atoms with Crippen LogP contribution < -0.4 is 0 Å². The topological polar surface area (TPSA) is 38.1 Å².